The number of nitrogens with two attached hydrogens (primary N) is 1. The molecule has 4 heteroatoms. The first-order valence-electron chi connectivity index (χ1n) is 6.17. The Hall–Kier alpha value is -1.55. The van der Waals surface area contributed by atoms with E-state index in [4.69, 9.17) is 5.73 Å². The minimum Gasteiger partial charge on any atom is -0.399 e. The SMILES string of the molecule is CC1(NC(=O)c2cc3cc(N)ccc3s2)CCC1. The normalized spacial score (nSPS) is 17.4. The van der Waals surface area contributed by atoms with Crippen LogP contribution in [0.25, 0.3) is 10.1 Å². The lowest BCUT2D eigenvalue weighted by molar-refractivity contribution is 0.0855. The van der Waals surface area contributed by atoms with E-state index in [1.807, 2.05) is 24.3 Å². The minimum absolute atomic E-state index is 0.00624. The van der Waals surface area contributed by atoms with Crippen molar-refractivity contribution >= 4 is 33.0 Å². The van der Waals surface area contributed by atoms with Gasteiger partial charge in [-0.15, -0.1) is 11.3 Å². The molecule has 3 rings (SSSR count). The molecule has 1 amide bonds. The van der Waals surface area contributed by atoms with Gasteiger partial charge >= 0.3 is 0 Å². The Bertz CT molecular complexity index is 613. The molecule has 1 heterocycles. The van der Waals surface area contributed by atoms with Crippen molar-refractivity contribution in [3.05, 3.63) is 29.1 Å². The molecule has 18 heavy (non-hydrogen) atoms. The molecule has 3 N–H and O–H groups in total. The van der Waals surface area contributed by atoms with Gasteiger partial charge in [0.05, 0.1) is 4.88 Å². The highest BCUT2D eigenvalue weighted by Gasteiger charge is 2.33. The predicted molar refractivity (Wildman–Crippen MR) is 76.0 cm³/mol. The number of thiophene rings is 1. The summed E-state index contributed by atoms with van der Waals surface area (Å²) in [5.74, 6) is 0.0389. The molecular formula is C14H16N2OS. The second-order valence-corrected chi connectivity index (χ2v) is 6.36. The summed E-state index contributed by atoms with van der Waals surface area (Å²) < 4.78 is 1.10. The third-order valence-corrected chi connectivity index (χ3v) is 4.75. The topological polar surface area (TPSA) is 55.1 Å². The van der Waals surface area contributed by atoms with Crippen molar-refractivity contribution in [2.45, 2.75) is 31.7 Å². The van der Waals surface area contributed by atoms with E-state index in [0.29, 0.717) is 0 Å². The monoisotopic (exact) mass is 260 g/mol. The molecule has 0 aliphatic heterocycles. The molecule has 0 radical (unpaired) electrons. The first-order valence-corrected chi connectivity index (χ1v) is 6.99. The Kier molecular flexibility index (Phi) is 2.55. The third kappa shape index (κ3) is 1.97. The highest BCUT2D eigenvalue weighted by molar-refractivity contribution is 7.20. The molecule has 1 aliphatic carbocycles. The van der Waals surface area contributed by atoms with E-state index in [0.717, 1.165) is 33.5 Å². The van der Waals surface area contributed by atoms with Crippen LogP contribution in [0.15, 0.2) is 24.3 Å². The number of hydrogen-bond acceptors (Lipinski definition) is 3. The van der Waals surface area contributed by atoms with Crippen LogP contribution in [0.2, 0.25) is 0 Å². The smallest absolute Gasteiger partial charge is 0.261 e. The van der Waals surface area contributed by atoms with E-state index in [9.17, 15) is 4.79 Å². The summed E-state index contributed by atoms with van der Waals surface area (Å²) in [6, 6.07) is 7.67. The quantitative estimate of drug-likeness (QED) is 0.815. The van der Waals surface area contributed by atoms with Gasteiger partial charge in [0.15, 0.2) is 0 Å². The first kappa shape index (κ1) is 11.5. The van der Waals surface area contributed by atoms with Gasteiger partial charge in [-0.05, 0) is 55.8 Å². The number of carbonyl (C=O) groups excluding carboxylic acids is 1. The van der Waals surface area contributed by atoms with E-state index in [-0.39, 0.29) is 11.4 Å². The van der Waals surface area contributed by atoms with E-state index in [1.54, 1.807) is 0 Å². The number of benzene rings is 1. The second-order valence-electron chi connectivity index (χ2n) is 5.28. The van der Waals surface area contributed by atoms with E-state index in [1.165, 1.54) is 17.8 Å². The zero-order chi connectivity index (χ0) is 12.8. The Morgan fingerprint density at radius 3 is 2.83 bits per heavy atom. The summed E-state index contributed by atoms with van der Waals surface area (Å²) in [6.07, 6.45) is 3.37. The van der Waals surface area contributed by atoms with Crippen LogP contribution in [-0.2, 0) is 0 Å². The number of anilines is 1. The van der Waals surface area contributed by atoms with Gasteiger partial charge in [0.1, 0.15) is 0 Å². The average molecular weight is 260 g/mol. The summed E-state index contributed by atoms with van der Waals surface area (Å²) >= 11 is 1.52. The van der Waals surface area contributed by atoms with E-state index in [2.05, 4.69) is 12.2 Å². The van der Waals surface area contributed by atoms with Crippen molar-refractivity contribution in [1.29, 1.82) is 0 Å². The van der Waals surface area contributed by atoms with E-state index < -0.39 is 0 Å². The fourth-order valence-electron chi connectivity index (χ4n) is 2.34. The molecule has 0 spiro atoms. The number of nitrogens with one attached hydrogen (secondary N) is 1. The molecule has 0 bridgehead atoms. The standard InChI is InChI=1S/C14H16N2OS/c1-14(5-2-6-14)16-13(17)12-8-9-7-10(15)3-4-11(9)18-12/h3-4,7-8H,2,5-6,15H2,1H3,(H,16,17). The van der Waals surface area contributed by atoms with Gasteiger partial charge in [0.2, 0.25) is 0 Å². The van der Waals surface area contributed by atoms with Crippen molar-refractivity contribution in [3.63, 3.8) is 0 Å². The van der Waals surface area contributed by atoms with Gasteiger partial charge in [-0.2, -0.15) is 0 Å². The number of amides is 1. The van der Waals surface area contributed by atoms with Crippen LogP contribution in [0.4, 0.5) is 5.69 Å². The minimum atomic E-state index is 0.00624. The van der Waals surface area contributed by atoms with Crippen LogP contribution in [0.5, 0.6) is 0 Å². The predicted octanol–water partition coefficient (Wildman–Crippen LogP) is 3.16. The van der Waals surface area contributed by atoms with Crippen molar-refractivity contribution in [1.82, 2.24) is 5.32 Å². The van der Waals surface area contributed by atoms with Crippen molar-refractivity contribution in [3.8, 4) is 0 Å². The lowest BCUT2D eigenvalue weighted by Gasteiger charge is -2.38. The number of rotatable bonds is 2. The molecule has 1 aromatic carbocycles. The highest BCUT2D eigenvalue weighted by atomic mass is 32.1. The second kappa shape index (κ2) is 3.99. The Morgan fingerprint density at radius 1 is 1.39 bits per heavy atom. The van der Waals surface area contributed by atoms with Crippen LogP contribution in [0.3, 0.4) is 0 Å². The molecule has 0 unspecified atom stereocenters. The van der Waals surface area contributed by atoms with Crippen LogP contribution in [-0.4, -0.2) is 11.4 Å². The number of fused-ring (bicyclic) bond motifs is 1. The maximum absolute atomic E-state index is 12.2. The summed E-state index contributed by atoms with van der Waals surface area (Å²) in [7, 11) is 0. The first-order chi connectivity index (χ1) is 8.56. The molecule has 1 fully saturated rings. The zero-order valence-electron chi connectivity index (χ0n) is 10.3. The van der Waals surface area contributed by atoms with Gasteiger partial charge in [-0.1, -0.05) is 0 Å². The lowest BCUT2D eigenvalue weighted by Crippen LogP contribution is -2.50. The van der Waals surface area contributed by atoms with Gasteiger partial charge < -0.3 is 11.1 Å². The van der Waals surface area contributed by atoms with Gasteiger partial charge in [0.25, 0.3) is 5.91 Å². The molecule has 1 saturated carbocycles. The summed E-state index contributed by atoms with van der Waals surface area (Å²) in [6.45, 7) is 2.11. The van der Waals surface area contributed by atoms with Gasteiger partial charge in [0, 0.05) is 15.9 Å². The summed E-state index contributed by atoms with van der Waals surface area (Å²) in [5.41, 5.74) is 6.49. The number of nitrogen functional groups attached to an aromatic ring is 1. The van der Waals surface area contributed by atoms with Crippen LogP contribution >= 0.6 is 11.3 Å². The molecule has 2 aromatic rings. The molecule has 1 aromatic heterocycles. The van der Waals surface area contributed by atoms with Crippen LogP contribution in [0, 0.1) is 0 Å². The average Bonchev–Trinajstić information content (AvgIpc) is 2.69. The van der Waals surface area contributed by atoms with Crippen molar-refractivity contribution in [2.24, 2.45) is 0 Å². The number of hydrogen-bond donors (Lipinski definition) is 2. The fraction of sp³-hybridized carbons (Fsp3) is 0.357. The van der Waals surface area contributed by atoms with Gasteiger partial charge in [-0.3, -0.25) is 4.79 Å². The molecule has 1 aliphatic rings. The number of carbonyl (C=O) groups is 1. The molecular weight excluding hydrogens is 244 g/mol. The highest BCUT2D eigenvalue weighted by Crippen LogP contribution is 2.32. The van der Waals surface area contributed by atoms with Crippen LogP contribution in [0.1, 0.15) is 35.9 Å². The molecule has 94 valence electrons. The fourth-order valence-corrected chi connectivity index (χ4v) is 3.28. The van der Waals surface area contributed by atoms with Gasteiger partial charge in [-0.25, -0.2) is 0 Å². The summed E-state index contributed by atoms with van der Waals surface area (Å²) in [5, 5.41) is 4.17. The Labute approximate surface area is 110 Å². The molecule has 0 atom stereocenters. The molecule has 0 saturated heterocycles. The van der Waals surface area contributed by atoms with E-state index >= 15 is 0 Å². The maximum atomic E-state index is 12.2. The lowest BCUT2D eigenvalue weighted by atomic mass is 9.78. The summed E-state index contributed by atoms with van der Waals surface area (Å²) in [4.78, 5) is 12.9. The Morgan fingerprint density at radius 2 is 2.17 bits per heavy atom. The maximum Gasteiger partial charge on any atom is 0.261 e. The third-order valence-electron chi connectivity index (χ3n) is 3.64. The van der Waals surface area contributed by atoms with Crippen molar-refractivity contribution < 1.29 is 4.79 Å². The zero-order valence-corrected chi connectivity index (χ0v) is 11.1. The largest absolute Gasteiger partial charge is 0.399 e. The van der Waals surface area contributed by atoms with Crippen LogP contribution < -0.4 is 11.1 Å². The van der Waals surface area contributed by atoms with Crippen molar-refractivity contribution in [2.75, 3.05) is 5.73 Å². The Balaban J connectivity index is 1.87. The molecule has 3 nitrogen and oxygen atoms in total.